The zero-order valence-electron chi connectivity index (χ0n) is 26.9. The van der Waals surface area contributed by atoms with Crippen LogP contribution >= 0.6 is 0 Å². The number of carbonyl (C=O) groups is 3. The van der Waals surface area contributed by atoms with Crippen molar-refractivity contribution in [3.05, 3.63) is 34.4 Å². The first-order valence-corrected chi connectivity index (χ1v) is 15.3. The Kier molecular flexibility index (Phi) is 6.79. The van der Waals surface area contributed by atoms with Crippen LogP contribution in [-0.2, 0) is 25.5 Å². The van der Waals surface area contributed by atoms with Crippen LogP contribution in [0.2, 0.25) is 0 Å². The van der Waals surface area contributed by atoms with Crippen LogP contribution < -0.4 is 9.47 Å². The zero-order valence-corrected chi connectivity index (χ0v) is 26.9. The molecule has 1 spiro atoms. The van der Waals surface area contributed by atoms with Crippen LogP contribution in [0.3, 0.4) is 0 Å². The molecule has 4 fully saturated rings. The average Bonchev–Trinajstić information content (AvgIpc) is 3.08. The minimum atomic E-state index is -1.76. The second-order valence-corrected chi connectivity index (χ2v) is 14.8. The summed E-state index contributed by atoms with van der Waals surface area (Å²) >= 11 is 0. The molecule has 6 aliphatic rings. The summed E-state index contributed by atoms with van der Waals surface area (Å²) in [5, 5.41) is 43.2. The molecular formula is C34H42O11. The molecule has 0 radical (unpaired) electrons. The molecule has 1 aromatic rings. The monoisotopic (exact) mass is 626 g/mol. The molecule has 45 heavy (non-hydrogen) atoms. The number of carboxylic acid groups (broad SMARTS) is 1. The van der Waals surface area contributed by atoms with E-state index in [1.165, 1.54) is 34.0 Å². The Morgan fingerprint density at radius 1 is 1.18 bits per heavy atom. The van der Waals surface area contributed by atoms with Crippen LogP contribution in [-0.4, -0.2) is 85.3 Å². The summed E-state index contributed by atoms with van der Waals surface area (Å²) in [5.74, 6) is -4.56. The zero-order chi connectivity index (χ0) is 33.2. The second-order valence-electron chi connectivity index (χ2n) is 14.8. The number of hydrogen-bond donors (Lipinski definition) is 4. The summed E-state index contributed by atoms with van der Waals surface area (Å²) < 4.78 is 26.0. The van der Waals surface area contributed by atoms with Gasteiger partial charge in [-0.05, 0) is 67.0 Å². The number of ether oxygens (including phenoxy) is 4. The molecular weight excluding hydrogens is 584 g/mol. The number of aromatic hydroxyl groups is 1. The van der Waals surface area contributed by atoms with Crippen molar-refractivity contribution in [2.75, 3.05) is 7.11 Å². The molecule has 7 atom stereocenters. The summed E-state index contributed by atoms with van der Waals surface area (Å²) in [6.07, 6.45) is 2.53. The smallest absolute Gasteiger partial charge is 0.330 e. The van der Waals surface area contributed by atoms with E-state index in [0.717, 1.165) is 0 Å². The Labute approximate surface area is 261 Å². The Morgan fingerprint density at radius 3 is 2.44 bits per heavy atom. The summed E-state index contributed by atoms with van der Waals surface area (Å²) in [7, 11) is 1.43. The summed E-state index contributed by atoms with van der Waals surface area (Å²) in [6.45, 7) is 11.6. The molecule has 0 aromatic heterocycles. The maximum atomic E-state index is 14.9. The highest BCUT2D eigenvalue weighted by Crippen LogP contribution is 2.70. The van der Waals surface area contributed by atoms with Gasteiger partial charge in [-0.15, -0.1) is 0 Å². The predicted octanol–water partition coefficient (Wildman–Crippen LogP) is 3.38. The fraction of sp³-hybridized carbons (Fsp3) is 0.618. The van der Waals surface area contributed by atoms with Crippen LogP contribution in [0.15, 0.2) is 17.7 Å². The SMILES string of the molecule is CO[C@@H]1[C@H]2C[C@@H]3C(C)(C)O[C@](CC=C(C)C(=O)O)(C2=O)[C@@]32Oc3c(C[C@H](O)C(C)(C)O)c4c(c(O)c3C(=O)[C@@H]12)C=CC(C)(C)O4. The number of phenols is 1. The lowest BCUT2D eigenvalue weighted by atomic mass is 9.45. The normalized spacial score (nSPS) is 34.4. The number of fused-ring (bicyclic) bond motifs is 2. The number of carboxylic acids is 1. The molecule has 3 heterocycles. The maximum Gasteiger partial charge on any atom is 0.330 e. The number of benzene rings is 1. The van der Waals surface area contributed by atoms with Crippen molar-refractivity contribution in [2.24, 2.45) is 17.8 Å². The largest absolute Gasteiger partial charge is 0.506 e. The first-order chi connectivity index (χ1) is 20.7. The lowest BCUT2D eigenvalue weighted by molar-refractivity contribution is -0.224. The summed E-state index contributed by atoms with van der Waals surface area (Å²) in [4.78, 5) is 41.3. The Morgan fingerprint density at radius 2 is 1.84 bits per heavy atom. The van der Waals surface area contributed by atoms with E-state index in [1.807, 2.05) is 27.7 Å². The van der Waals surface area contributed by atoms with E-state index in [4.69, 9.17) is 18.9 Å². The minimum Gasteiger partial charge on any atom is -0.506 e. The van der Waals surface area contributed by atoms with Gasteiger partial charge in [0.2, 0.25) is 0 Å². The Bertz CT molecular complexity index is 1580. The van der Waals surface area contributed by atoms with Crippen LogP contribution in [0.25, 0.3) is 6.08 Å². The molecule has 4 N–H and O–H groups in total. The molecule has 3 saturated carbocycles. The van der Waals surface area contributed by atoms with Gasteiger partial charge in [-0.25, -0.2) is 4.79 Å². The molecule has 11 heteroatoms. The van der Waals surface area contributed by atoms with Gasteiger partial charge in [0.05, 0.1) is 34.9 Å². The maximum absolute atomic E-state index is 14.9. The Hall–Kier alpha value is -3.25. The van der Waals surface area contributed by atoms with E-state index < -0.39 is 69.7 Å². The number of carbonyl (C=O) groups excluding carboxylic acids is 2. The van der Waals surface area contributed by atoms with Crippen LogP contribution in [0.1, 0.15) is 82.8 Å². The van der Waals surface area contributed by atoms with Crippen molar-refractivity contribution in [2.45, 2.75) is 108 Å². The predicted molar refractivity (Wildman–Crippen MR) is 160 cm³/mol. The van der Waals surface area contributed by atoms with Crippen molar-refractivity contribution < 1.29 is 53.8 Å². The van der Waals surface area contributed by atoms with Crippen molar-refractivity contribution >= 4 is 23.6 Å². The molecule has 4 bridgehead atoms. The highest BCUT2D eigenvalue weighted by molar-refractivity contribution is 6.10. The van der Waals surface area contributed by atoms with Gasteiger partial charge < -0.3 is 39.4 Å². The van der Waals surface area contributed by atoms with Gasteiger partial charge in [-0.1, -0.05) is 6.08 Å². The molecule has 1 aromatic carbocycles. The number of methoxy groups -OCH3 is 1. The first kappa shape index (κ1) is 31.7. The van der Waals surface area contributed by atoms with Gasteiger partial charge in [0.15, 0.2) is 22.8 Å². The fourth-order valence-electron chi connectivity index (χ4n) is 8.45. The highest BCUT2D eigenvalue weighted by atomic mass is 16.6. The van der Waals surface area contributed by atoms with Gasteiger partial charge in [0.1, 0.15) is 28.4 Å². The third kappa shape index (κ3) is 4.13. The number of aliphatic hydroxyl groups excluding tert-OH is 1. The molecule has 7 rings (SSSR count). The van der Waals surface area contributed by atoms with Gasteiger partial charge in [0, 0.05) is 42.9 Å². The van der Waals surface area contributed by atoms with Crippen molar-refractivity contribution in [3.63, 3.8) is 0 Å². The minimum absolute atomic E-state index is 0.00498. The molecule has 1 saturated heterocycles. The fourth-order valence-corrected chi connectivity index (χ4v) is 8.45. The number of phenolic OH excluding ortho intramolecular Hbond substituents is 1. The number of aliphatic hydroxyl groups is 2. The van der Waals surface area contributed by atoms with Crippen LogP contribution in [0.5, 0.6) is 17.2 Å². The number of rotatable bonds is 7. The standard InChI is InChI=1S/C34H42O11/c1-15(29(39)40)9-12-33-28(38)18-13-19(32(6,7)45-33)34(33)22(27(18)42-8)24(37)21-23(36)16-10-11-30(2,3)43-25(16)17(26(21)44-34)14-20(35)31(4,5)41/h9-11,18-20,22,27,35-36,41H,12-14H2,1-8H3,(H,39,40)/t18-,19-,20+,22+,27-,33-,34-/m1/s1. The lowest BCUT2D eigenvalue weighted by Crippen LogP contribution is -2.80. The molecule has 244 valence electrons. The molecule has 3 aliphatic heterocycles. The number of Topliss-reactive ketones (excluding diaryl/α,β-unsaturated/α-hetero) is 2. The Balaban J connectivity index is 1.67. The summed E-state index contributed by atoms with van der Waals surface area (Å²) in [5.41, 5.74) is -6.40. The van der Waals surface area contributed by atoms with Gasteiger partial charge in [-0.2, -0.15) is 0 Å². The van der Waals surface area contributed by atoms with Crippen LogP contribution in [0, 0.1) is 17.8 Å². The molecule has 0 unspecified atom stereocenters. The van der Waals surface area contributed by atoms with Gasteiger partial charge in [0.25, 0.3) is 0 Å². The highest BCUT2D eigenvalue weighted by Gasteiger charge is 2.85. The lowest BCUT2D eigenvalue weighted by Gasteiger charge is -2.62. The number of aliphatic carboxylic acids is 1. The third-order valence-corrected chi connectivity index (χ3v) is 10.7. The van der Waals surface area contributed by atoms with E-state index in [1.54, 1.807) is 12.2 Å². The average molecular weight is 627 g/mol. The van der Waals surface area contributed by atoms with E-state index in [-0.39, 0.29) is 58.1 Å². The van der Waals surface area contributed by atoms with E-state index in [9.17, 15) is 34.8 Å². The van der Waals surface area contributed by atoms with Gasteiger partial charge in [-0.3, -0.25) is 9.59 Å². The number of hydrogen-bond acceptors (Lipinski definition) is 10. The quantitative estimate of drug-likeness (QED) is 0.327. The van der Waals surface area contributed by atoms with E-state index >= 15 is 0 Å². The molecule has 0 amide bonds. The topological polar surface area (TPSA) is 169 Å². The van der Waals surface area contributed by atoms with Gasteiger partial charge >= 0.3 is 5.97 Å². The van der Waals surface area contributed by atoms with Crippen molar-refractivity contribution in [3.8, 4) is 17.2 Å². The number of ketones is 2. The summed E-state index contributed by atoms with van der Waals surface area (Å²) in [6, 6.07) is 0. The van der Waals surface area contributed by atoms with E-state index in [2.05, 4.69) is 0 Å². The molecule has 11 nitrogen and oxygen atoms in total. The first-order valence-electron chi connectivity index (χ1n) is 15.3. The van der Waals surface area contributed by atoms with Crippen LogP contribution in [0.4, 0.5) is 0 Å². The van der Waals surface area contributed by atoms with Crippen molar-refractivity contribution in [1.82, 2.24) is 0 Å². The third-order valence-electron chi connectivity index (χ3n) is 10.7. The van der Waals surface area contributed by atoms with E-state index in [0.29, 0.717) is 6.42 Å². The van der Waals surface area contributed by atoms with Crippen molar-refractivity contribution in [1.29, 1.82) is 0 Å². The molecule has 3 aliphatic carbocycles. The second kappa shape index (κ2) is 9.63.